The lowest BCUT2D eigenvalue weighted by atomic mass is 9.98. The normalized spacial score (nSPS) is 16.3. The monoisotopic (exact) mass is 368 g/mol. The molecule has 1 aliphatic rings. The molecule has 6 nitrogen and oxygen atoms in total. The highest BCUT2D eigenvalue weighted by Crippen LogP contribution is 2.23. The first-order valence-electron chi connectivity index (χ1n) is 8.91. The van der Waals surface area contributed by atoms with Gasteiger partial charge in [-0.15, -0.1) is 0 Å². The van der Waals surface area contributed by atoms with Crippen LogP contribution < -0.4 is 10.2 Å². The van der Waals surface area contributed by atoms with E-state index in [1.807, 2.05) is 12.1 Å². The third-order valence-electron chi connectivity index (χ3n) is 4.28. The molecule has 1 atom stereocenters. The van der Waals surface area contributed by atoms with Crippen LogP contribution in [0.2, 0.25) is 0 Å². The molecule has 0 fully saturated rings. The molecule has 0 aromatic heterocycles. The predicted octanol–water partition coefficient (Wildman–Crippen LogP) is 3.21. The van der Waals surface area contributed by atoms with E-state index in [2.05, 4.69) is 17.4 Å². The molecule has 3 rings (SSSR count). The van der Waals surface area contributed by atoms with Crippen LogP contribution in [0.25, 0.3) is 0 Å². The van der Waals surface area contributed by atoms with Crippen LogP contribution in [0.1, 0.15) is 42.3 Å². The van der Waals surface area contributed by atoms with Crippen molar-refractivity contribution in [1.29, 1.82) is 0 Å². The molecular weight excluding hydrogens is 344 g/mol. The minimum atomic E-state index is -0.577. The number of nitrogens with zero attached hydrogens (tertiary/aromatic N) is 1. The van der Waals surface area contributed by atoms with Crippen LogP contribution in [0, 0.1) is 0 Å². The summed E-state index contributed by atoms with van der Waals surface area (Å²) < 4.78 is 0. The summed E-state index contributed by atoms with van der Waals surface area (Å²) in [5, 5.41) is 3.38. The third-order valence-corrected chi connectivity index (χ3v) is 4.28. The Labute approximate surface area is 159 Å². The van der Waals surface area contributed by atoms with Crippen molar-refractivity contribution >= 4 is 18.1 Å². The Morgan fingerprint density at radius 1 is 1.11 bits per heavy atom. The molecule has 1 amide bonds. The predicted molar refractivity (Wildman–Crippen MR) is 102 cm³/mol. The fourth-order valence-corrected chi connectivity index (χ4v) is 2.93. The fraction of sp³-hybridized carbons (Fsp3) is 0.333. The van der Waals surface area contributed by atoms with Crippen LogP contribution in [0.3, 0.4) is 0 Å². The van der Waals surface area contributed by atoms with Crippen molar-refractivity contribution in [3.8, 4) is 0 Å². The smallest absolute Gasteiger partial charge is 0.299 e. The van der Waals surface area contributed by atoms with E-state index in [1.165, 1.54) is 11.1 Å². The molecule has 0 saturated carbocycles. The number of fused-ring (bicyclic) bond motifs is 1. The first-order chi connectivity index (χ1) is 12.9. The molecule has 1 unspecified atom stereocenters. The number of anilines is 1. The van der Waals surface area contributed by atoms with E-state index < -0.39 is 11.6 Å². The van der Waals surface area contributed by atoms with E-state index in [9.17, 15) is 9.59 Å². The van der Waals surface area contributed by atoms with Crippen molar-refractivity contribution < 1.29 is 19.4 Å². The molecule has 1 aliphatic heterocycles. The Morgan fingerprint density at radius 3 is 2.41 bits per heavy atom. The van der Waals surface area contributed by atoms with Crippen molar-refractivity contribution in [2.45, 2.75) is 45.5 Å². The molecule has 1 N–H and O–H groups in total. The molecule has 6 heteroatoms. The zero-order valence-corrected chi connectivity index (χ0v) is 15.8. The Balaban J connectivity index is 1.70. The maximum atomic E-state index is 12.0. The third kappa shape index (κ3) is 4.72. The topological polar surface area (TPSA) is 67.9 Å². The Kier molecular flexibility index (Phi) is 5.58. The molecular formula is C21H24N2O4. The molecule has 0 bridgehead atoms. The molecule has 2 aromatic carbocycles. The van der Waals surface area contributed by atoms with Crippen LogP contribution in [-0.2, 0) is 27.5 Å². The summed E-state index contributed by atoms with van der Waals surface area (Å²) in [5.41, 5.74) is 2.96. The van der Waals surface area contributed by atoms with E-state index in [-0.39, 0.29) is 6.17 Å². The Hall–Kier alpha value is -2.70. The number of nitrogens with one attached hydrogen (secondary N) is 1. The average Bonchev–Trinajstić information content (AvgIpc) is 2.66. The van der Waals surface area contributed by atoms with Crippen molar-refractivity contribution in [3.05, 3.63) is 65.2 Å². The zero-order chi connectivity index (χ0) is 19.4. The van der Waals surface area contributed by atoms with Crippen LogP contribution in [-0.4, -0.2) is 24.1 Å². The summed E-state index contributed by atoms with van der Waals surface area (Å²) >= 11 is 0. The first kappa shape index (κ1) is 19.1. The number of hydrogen-bond donors (Lipinski definition) is 1. The molecule has 142 valence electrons. The van der Waals surface area contributed by atoms with Crippen LogP contribution in [0.15, 0.2) is 48.5 Å². The highest BCUT2D eigenvalue weighted by Gasteiger charge is 2.24. The number of hydrogen-bond acceptors (Lipinski definition) is 5. The van der Waals surface area contributed by atoms with Crippen LogP contribution in [0.4, 0.5) is 5.69 Å². The summed E-state index contributed by atoms with van der Waals surface area (Å²) in [6, 6.07) is 14.9. The standard InChI is InChI=1S/C21H24N2O4/c1-21(2,3)27-26-20(25)15-8-10-18(11-9-15)23(14-24)19-12-16-6-4-5-7-17(16)13-22-19/h4-11,14,19,22H,12-13H2,1-3H3. The number of benzene rings is 2. The lowest BCUT2D eigenvalue weighted by molar-refractivity contribution is -0.301. The van der Waals surface area contributed by atoms with Crippen LogP contribution >= 0.6 is 0 Å². The van der Waals surface area contributed by atoms with Gasteiger partial charge in [-0.1, -0.05) is 24.3 Å². The van der Waals surface area contributed by atoms with Crippen molar-refractivity contribution in [2.75, 3.05) is 4.90 Å². The largest absolute Gasteiger partial charge is 0.373 e. The van der Waals surface area contributed by atoms with Gasteiger partial charge >= 0.3 is 5.97 Å². The summed E-state index contributed by atoms with van der Waals surface area (Å²) in [4.78, 5) is 35.3. The lowest BCUT2D eigenvalue weighted by Gasteiger charge is -2.33. The average molecular weight is 368 g/mol. The molecule has 0 saturated heterocycles. The minimum absolute atomic E-state index is 0.139. The minimum Gasteiger partial charge on any atom is -0.299 e. The maximum absolute atomic E-state index is 12.0. The van der Waals surface area contributed by atoms with E-state index in [0.717, 1.165) is 12.8 Å². The number of carbonyl (C=O) groups excluding carboxylic acids is 2. The van der Waals surface area contributed by atoms with Crippen molar-refractivity contribution in [2.24, 2.45) is 0 Å². The molecule has 2 aromatic rings. The van der Waals surface area contributed by atoms with Gasteiger partial charge in [0.2, 0.25) is 6.41 Å². The van der Waals surface area contributed by atoms with Crippen molar-refractivity contribution in [1.82, 2.24) is 5.32 Å². The number of amides is 1. The van der Waals surface area contributed by atoms with Gasteiger partial charge in [0.15, 0.2) is 0 Å². The summed E-state index contributed by atoms with van der Waals surface area (Å²) in [5.74, 6) is -0.571. The fourth-order valence-electron chi connectivity index (χ4n) is 2.93. The highest BCUT2D eigenvalue weighted by molar-refractivity contribution is 5.90. The van der Waals surface area contributed by atoms with E-state index in [0.29, 0.717) is 17.8 Å². The summed E-state index contributed by atoms with van der Waals surface area (Å²) in [6.45, 7) is 6.09. The molecule has 0 spiro atoms. The quantitative estimate of drug-likeness (QED) is 0.499. The summed E-state index contributed by atoms with van der Waals surface area (Å²) in [6.07, 6.45) is 1.39. The highest BCUT2D eigenvalue weighted by atomic mass is 17.2. The van der Waals surface area contributed by atoms with Gasteiger partial charge < -0.3 is 0 Å². The van der Waals surface area contributed by atoms with Gasteiger partial charge in [0.05, 0.1) is 11.7 Å². The number of rotatable bonds is 5. The van der Waals surface area contributed by atoms with Crippen LogP contribution in [0.5, 0.6) is 0 Å². The molecule has 0 radical (unpaired) electrons. The second-order valence-corrected chi connectivity index (χ2v) is 7.50. The molecule has 27 heavy (non-hydrogen) atoms. The van der Waals surface area contributed by atoms with Gasteiger partial charge in [0.1, 0.15) is 5.60 Å². The van der Waals surface area contributed by atoms with E-state index in [4.69, 9.17) is 9.78 Å². The van der Waals surface area contributed by atoms with Crippen molar-refractivity contribution in [3.63, 3.8) is 0 Å². The molecule has 1 heterocycles. The Bertz CT molecular complexity index is 812. The SMILES string of the molecule is CC(C)(C)OOC(=O)c1ccc(N(C=O)C2Cc3ccccc3CN2)cc1. The van der Waals surface area contributed by atoms with Gasteiger partial charge in [0, 0.05) is 18.7 Å². The maximum Gasteiger partial charge on any atom is 0.373 e. The van der Waals surface area contributed by atoms with E-state index >= 15 is 0 Å². The second-order valence-electron chi connectivity index (χ2n) is 7.50. The first-order valence-corrected chi connectivity index (χ1v) is 8.91. The lowest BCUT2D eigenvalue weighted by Crippen LogP contribution is -2.49. The second kappa shape index (κ2) is 7.90. The van der Waals surface area contributed by atoms with Gasteiger partial charge in [0.25, 0.3) is 0 Å². The Morgan fingerprint density at radius 2 is 1.78 bits per heavy atom. The van der Waals surface area contributed by atoms with Gasteiger partial charge in [-0.25, -0.2) is 4.79 Å². The van der Waals surface area contributed by atoms with E-state index in [1.54, 1.807) is 49.9 Å². The van der Waals surface area contributed by atoms with Gasteiger partial charge in [-0.2, -0.15) is 4.89 Å². The van der Waals surface area contributed by atoms with Gasteiger partial charge in [-0.3, -0.25) is 19.9 Å². The summed E-state index contributed by atoms with van der Waals surface area (Å²) in [7, 11) is 0. The van der Waals surface area contributed by atoms with Gasteiger partial charge in [-0.05, 0) is 56.2 Å². The number of carbonyl (C=O) groups is 2. The molecule has 0 aliphatic carbocycles. The zero-order valence-electron chi connectivity index (χ0n) is 15.8.